The number of amides is 1. The Morgan fingerprint density at radius 2 is 1.58 bits per heavy atom. The number of hydrogen-bond donors (Lipinski definition) is 2. The predicted octanol–water partition coefficient (Wildman–Crippen LogP) is 5.46. The lowest BCUT2D eigenvalue weighted by Crippen LogP contribution is -2.23. The molecular weight excluding hydrogens is 464 g/mol. The number of carbonyl (C=O) groups is 1. The van der Waals surface area contributed by atoms with E-state index in [1.807, 2.05) is 0 Å². The molecule has 0 radical (unpaired) electrons. The van der Waals surface area contributed by atoms with E-state index in [0.717, 1.165) is 0 Å². The maximum absolute atomic E-state index is 12.8. The van der Waals surface area contributed by atoms with Crippen LogP contribution in [0, 0.1) is 0 Å². The molecule has 0 fully saturated rings. The van der Waals surface area contributed by atoms with Crippen molar-refractivity contribution in [2.24, 2.45) is 0 Å². The van der Waals surface area contributed by atoms with Crippen LogP contribution < -0.4 is 14.8 Å². The molecular formula is C24H19ClN2O5S. The third kappa shape index (κ3) is 5.61. The molecule has 33 heavy (non-hydrogen) atoms. The van der Waals surface area contributed by atoms with E-state index in [1.54, 1.807) is 60.7 Å². The van der Waals surface area contributed by atoms with Gasteiger partial charge in [-0.05, 0) is 60.7 Å². The second-order valence-corrected chi connectivity index (χ2v) is 9.09. The third-order valence-electron chi connectivity index (χ3n) is 4.64. The highest BCUT2D eigenvalue weighted by molar-refractivity contribution is 7.89. The van der Waals surface area contributed by atoms with Crippen molar-refractivity contribution in [2.75, 3.05) is 5.32 Å². The fourth-order valence-electron chi connectivity index (χ4n) is 2.95. The predicted molar refractivity (Wildman–Crippen MR) is 125 cm³/mol. The van der Waals surface area contributed by atoms with Gasteiger partial charge in [-0.3, -0.25) is 4.79 Å². The second kappa shape index (κ2) is 9.91. The molecule has 0 saturated heterocycles. The van der Waals surface area contributed by atoms with Crippen LogP contribution in [0.4, 0.5) is 5.69 Å². The minimum absolute atomic E-state index is 0.0276. The minimum Gasteiger partial charge on any atom is -0.468 e. The van der Waals surface area contributed by atoms with E-state index in [0.29, 0.717) is 28.0 Å². The van der Waals surface area contributed by atoms with Gasteiger partial charge in [-0.25, -0.2) is 13.1 Å². The first kappa shape index (κ1) is 22.6. The number of halogens is 1. The first-order valence-corrected chi connectivity index (χ1v) is 11.7. The number of nitrogens with one attached hydrogen (secondary N) is 2. The van der Waals surface area contributed by atoms with E-state index in [9.17, 15) is 13.2 Å². The lowest BCUT2D eigenvalue weighted by Gasteiger charge is -2.13. The van der Waals surface area contributed by atoms with Gasteiger partial charge in [0.25, 0.3) is 5.91 Å². The summed E-state index contributed by atoms with van der Waals surface area (Å²) in [6, 6.07) is 22.9. The van der Waals surface area contributed by atoms with E-state index in [-0.39, 0.29) is 17.0 Å². The molecule has 0 bridgehead atoms. The highest BCUT2D eigenvalue weighted by atomic mass is 35.5. The number of carbonyl (C=O) groups excluding carboxylic acids is 1. The molecule has 7 nitrogen and oxygen atoms in total. The Balaban J connectivity index is 1.46. The molecule has 2 N–H and O–H groups in total. The molecule has 0 saturated carbocycles. The Morgan fingerprint density at radius 3 is 2.27 bits per heavy atom. The number of para-hydroxylation sites is 3. The Hall–Kier alpha value is -3.59. The van der Waals surface area contributed by atoms with Gasteiger partial charge in [0.15, 0.2) is 5.75 Å². The molecule has 0 unspecified atom stereocenters. The number of anilines is 1. The zero-order valence-corrected chi connectivity index (χ0v) is 18.8. The zero-order chi connectivity index (χ0) is 23.3. The highest BCUT2D eigenvalue weighted by Crippen LogP contribution is 2.33. The topological polar surface area (TPSA) is 97.6 Å². The molecule has 0 atom stereocenters. The molecule has 4 aromatic rings. The van der Waals surface area contributed by atoms with Crippen LogP contribution in [0.2, 0.25) is 5.02 Å². The molecule has 1 amide bonds. The smallest absolute Gasteiger partial charge is 0.255 e. The molecule has 1 heterocycles. The van der Waals surface area contributed by atoms with E-state index >= 15 is 0 Å². The molecule has 0 aliphatic heterocycles. The molecule has 168 valence electrons. The average molecular weight is 483 g/mol. The fraction of sp³-hybridized carbons (Fsp3) is 0.0417. The van der Waals surface area contributed by atoms with Crippen molar-refractivity contribution in [3.05, 3.63) is 108 Å². The summed E-state index contributed by atoms with van der Waals surface area (Å²) in [7, 11) is -3.76. The summed E-state index contributed by atoms with van der Waals surface area (Å²) in [6.45, 7) is 0.0276. The molecule has 9 heteroatoms. The lowest BCUT2D eigenvalue weighted by atomic mass is 10.2. The van der Waals surface area contributed by atoms with Crippen LogP contribution in [0.1, 0.15) is 16.1 Å². The van der Waals surface area contributed by atoms with Crippen LogP contribution in [0.3, 0.4) is 0 Å². The van der Waals surface area contributed by atoms with Gasteiger partial charge >= 0.3 is 0 Å². The van der Waals surface area contributed by atoms with Gasteiger partial charge in [-0.2, -0.15) is 0 Å². The molecule has 3 aromatic carbocycles. The van der Waals surface area contributed by atoms with E-state index in [2.05, 4.69) is 10.0 Å². The number of ether oxygens (including phenoxy) is 1. The number of furan rings is 1. The summed E-state index contributed by atoms with van der Waals surface area (Å²) in [5.74, 6) is 0.947. The zero-order valence-electron chi connectivity index (χ0n) is 17.2. The first-order valence-electron chi connectivity index (χ1n) is 9.87. The Labute approximate surface area is 196 Å². The van der Waals surface area contributed by atoms with Gasteiger partial charge < -0.3 is 14.5 Å². The van der Waals surface area contributed by atoms with Gasteiger partial charge in [0.05, 0.1) is 28.4 Å². The molecule has 1 aromatic heterocycles. The van der Waals surface area contributed by atoms with Crippen molar-refractivity contribution in [1.82, 2.24) is 4.72 Å². The van der Waals surface area contributed by atoms with Crippen LogP contribution in [-0.2, 0) is 16.6 Å². The number of benzene rings is 3. The number of sulfonamides is 1. The molecule has 0 spiro atoms. The Morgan fingerprint density at radius 1 is 0.879 bits per heavy atom. The maximum atomic E-state index is 12.8. The van der Waals surface area contributed by atoms with Crippen molar-refractivity contribution < 1.29 is 22.4 Å². The Bertz CT molecular complexity index is 1350. The van der Waals surface area contributed by atoms with E-state index in [1.165, 1.54) is 30.5 Å². The van der Waals surface area contributed by atoms with Gasteiger partial charge in [-0.15, -0.1) is 0 Å². The van der Waals surface area contributed by atoms with Crippen molar-refractivity contribution in [1.29, 1.82) is 0 Å². The third-order valence-corrected chi connectivity index (χ3v) is 6.36. The van der Waals surface area contributed by atoms with Gasteiger partial charge in [-0.1, -0.05) is 35.9 Å². The minimum atomic E-state index is -3.76. The largest absolute Gasteiger partial charge is 0.468 e. The van der Waals surface area contributed by atoms with Gasteiger partial charge in [0.1, 0.15) is 11.5 Å². The van der Waals surface area contributed by atoms with Crippen LogP contribution in [0.5, 0.6) is 11.5 Å². The normalized spacial score (nSPS) is 11.2. The van der Waals surface area contributed by atoms with Crippen LogP contribution >= 0.6 is 11.6 Å². The fourth-order valence-corrected chi connectivity index (χ4v) is 4.12. The summed E-state index contributed by atoms with van der Waals surface area (Å²) in [6.07, 6.45) is 1.47. The molecule has 4 rings (SSSR count). The number of rotatable bonds is 8. The first-order chi connectivity index (χ1) is 15.9. The summed E-state index contributed by atoms with van der Waals surface area (Å²) in [5, 5.41) is 3.22. The maximum Gasteiger partial charge on any atom is 0.255 e. The summed E-state index contributed by atoms with van der Waals surface area (Å²) >= 11 is 6.16. The standard InChI is InChI=1S/C24H19ClN2O5S/c25-20-7-1-3-9-22(20)32-23-10-4-2-8-21(23)27-24(28)17-11-13-19(14-12-17)33(29,30)26-16-18-6-5-15-31-18/h1-15,26H,16H2,(H,27,28). The van der Waals surface area contributed by atoms with Gasteiger partial charge in [0, 0.05) is 5.56 Å². The second-order valence-electron chi connectivity index (χ2n) is 6.91. The summed E-state index contributed by atoms with van der Waals surface area (Å²) in [4.78, 5) is 12.8. The molecule has 0 aliphatic rings. The lowest BCUT2D eigenvalue weighted by molar-refractivity contribution is 0.102. The van der Waals surface area contributed by atoms with Crippen molar-refractivity contribution >= 4 is 33.2 Å². The Kier molecular flexibility index (Phi) is 6.79. The van der Waals surface area contributed by atoms with E-state index < -0.39 is 15.9 Å². The summed E-state index contributed by atoms with van der Waals surface area (Å²) < 4.78 is 38.4. The van der Waals surface area contributed by atoms with Crippen molar-refractivity contribution in [2.45, 2.75) is 11.4 Å². The average Bonchev–Trinajstić information content (AvgIpc) is 3.34. The number of hydrogen-bond acceptors (Lipinski definition) is 5. The highest BCUT2D eigenvalue weighted by Gasteiger charge is 2.16. The van der Waals surface area contributed by atoms with Gasteiger partial charge in [0.2, 0.25) is 10.0 Å². The van der Waals surface area contributed by atoms with Crippen molar-refractivity contribution in [3.63, 3.8) is 0 Å². The molecule has 0 aliphatic carbocycles. The van der Waals surface area contributed by atoms with Crippen LogP contribution in [0.25, 0.3) is 0 Å². The quantitative estimate of drug-likeness (QED) is 0.347. The SMILES string of the molecule is O=C(Nc1ccccc1Oc1ccccc1Cl)c1ccc(S(=O)(=O)NCc2ccco2)cc1. The van der Waals surface area contributed by atoms with Crippen molar-refractivity contribution in [3.8, 4) is 11.5 Å². The van der Waals surface area contributed by atoms with Crippen LogP contribution in [-0.4, -0.2) is 14.3 Å². The van der Waals surface area contributed by atoms with Crippen LogP contribution in [0.15, 0.2) is 101 Å². The summed E-state index contributed by atoms with van der Waals surface area (Å²) in [5.41, 5.74) is 0.728. The monoisotopic (exact) mass is 482 g/mol. The van der Waals surface area contributed by atoms with E-state index in [4.69, 9.17) is 20.8 Å².